The summed E-state index contributed by atoms with van der Waals surface area (Å²) >= 11 is 0. The van der Waals surface area contributed by atoms with Crippen molar-refractivity contribution in [3.63, 3.8) is 0 Å². The molecule has 3 nitrogen and oxygen atoms in total. The SMILES string of the molecule is CN(CC(=O)O)C(c1ccccc1)c1ccc(F)cc1. The summed E-state index contributed by atoms with van der Waals surface area (Å²) in [6, 6.07) is 15.5. The van der Waals surface area contributed by atoms with Crippen LogP contribution in [0.4, 0.5) is 4.39 Å². The monoisotopic (exact) mass is 273 g/mol. The van der Waals surface area contributed by atoms with Crippen LogP contribution < -0.4 is 0 Å². The zero-order valence-electron chi connectivity index (χ0n) is 11.2. The van der Waals surface area contributed by atoms with Gasteiger partial charge in [0.1, 0.15) is 5.82 Å². The van der Waals surface area contributed by atoms with Crippen LogP contribution in [-0.4, -0.2) is 29.6 Å². The number of carboxylic acid groups (broad SMARTS) is 1. The van der Waals surface area contributed by atoms with E-state index in [2.05, 4.69) is 0 Å². The zero-order chi connectivity index (χ0) is 14.5. The van der Waals surface area contributed by atoms with Gasteiger partial charge in [-0.2, -0.15) is 0 Å². The molecule has 4 heteroatoms. The second-order valence-electron chi connectivity index (χ2n) is 4.67. The molecule has 2 aromatic rings. The van der Waals surface area contributed by atoms with Gasteiger partial charge in [-0.15, -0.1) is 0 Å². The minimum atomic E-state index is -0.893. The van der Waals surface area contributed by atoms with E-state index in [1.165, 1.54) is 12.1 Å². The van der Waals surface area contributed by atoms with E-state index in [4.69, 9.17) is 5.11 Å². The maximum absolute atomic E-state index is 13.1. The van der Waals surface area contributed by atoms with Crippen molar-refractivity contribution in [2.24, 2.45) is 0 Å². The van der Waals surface area contributed by atoms with Gasteiger partial charge in [-0.25, -0.2) is 4.39 Å². The smallest absolute Gasteiger partial charge is 0.317 e. The van der Waals surface area contributed by atoms with E-state index in [1.54, 1.807) is 24.1 Å². The van der Waals surface area contributed by atoms with Gasteiger partial charge in [-0.3, -0.25) is 9.69 Å². The molecule has 0 amide bonds. The van der Waals surface area contributed by atoms with Gasteiger partial charge in [0.05, 0.1) is 12.6 Å². The van der Waals surface area contributed by atoms with Gasteiger partial charge >= 0.3 is 5.97 Å². The highest BCUT2D eigenvalue weighted by Crippen LogP contribution is 2.27. The van der Waals surface area contributed by atoms with E-state index < -0.39 is 5.97 Å². The van der Waals surface area contributed by atoms with Crippen molar-refractivity contribution < 1.29 is 14.3 Å². The topological polar surface area (TPSA) is 40.5 Å². The number of halogens is 1. The molecule has 0 aliphatic carbocycles. The summed E-state index contributed by atoms with van der Waals surface area (Å²) in [6.45, 7) is -0.0864. The fourth-order valence-corrected chi connectivity index (χ4v) is 2.29. The van der Waals surface area contributed by atoms with Crippen LogP contribution in [0.1, 0.15) is 17.2 Å². The van der Waals surface area contributed by atoms with Crippen molar-refractivity contribution in [2.45, 2.75) is 6.04 Å². The van der Waals surface area contributed by atoms with Gasteiger partial charge in [0, 0.05) is 0 Å². The number of carbonyl (C=O) groups is 1. The fraction of sp³-hybridized carbons (Fsp3) is 0.188. The van der Waals surface area contributed by atoms with Crippen LogP contribution in [0.25, 0.3) is 0 Å². The molecule has 104 valence electrons. The molecule has 0 fully saturated rings. The van der Waals surface area contributed by atoms with Crippen LogP contribution in [0.15, 0.2) is 54.6 Å². The molecule has 1 N–H and O–H groups in total. The second-order valence-corrected chi connectivity index (χ2v) is 4.67. The molecule has 0 radical (unpaired) electrons. The van der Waals surface area contributed by atoms with Gasteiger partial charge in [-0.1, -0.05) is 42.5 Å². The Morgan fingerprint density at radius 2 is 1.65 bits per heavy atom. The van der Waals surface area contributed by atoms with Crippen LogP contribution in [-0.2, 0) is 4.79 Å². The first-order valence-electron chi connectivity index (χ1n) is 6.30. The molecule has 2 aromatic carbocycles. The average molecular weight is 273 g/mol. The lowest BCUT2D eigenvalue weighted by molar-refractivity contribution is -0.138. The molecule has 2 rings (SSSR count). The Bertz CT molecular complexity index is 569. The third kappa shape index (κ3) is 3.42. The standard InChI is InChI=1S/C16H16FNO2/c1-18(11-15(19)20)16(12-5-3-2-4-6-12)13-7-9-14(17)10-8-13/h2-10,16H,11H2,1H3,(H,19,20). The number of hydrogen-bond donors (Lipinski definition) is 1. The summed E-state index contributed by atoms with van der Waals surface area (Å²) in [7, 11) is 1.75. The molecule has 0 heterocycles. The fourth-order valence-electron chi connectivity index (χ4n) is 2.29. The lowest BCUT2D eigenvalue weighted by Crippen LogP contribution is -2.30. The van der Waals surface area contributed by atoms with Crippen molar-refractivity contribution in [1.29, 1.82) is 0 Å². The normalized spacial score (nSPS) is 12.3. The van der Waals surface area contributed by atoms with Gasteiger partial charge < -0.3 is 5.11 Å². The van der Waals surface area contributed by atoms with E-state index in [1.807, 2.05) is 30.3 Å². The molecule has 0 aliphatic heterocycles. The van der Waals surface area contributed by atoms with Crippen molar-refractivity contribution in [3.8, 4) is 0 Å². The van der Waals surface area contributed by atoms with Crippen LogP contribution in [0, 0.1) is 5.82 Å². The molecule has 1 unspecified atom stereocenters. The van der Waals surface area contributed by atoms with E-state index in [9.17, 15) is 9.18 Å². The molecule has 0 saturated heterocycles. The van der Waals surface area contributed by atoms with Crippen molar-refractivity contribution in [2.75, 3.05) is 13.6 Å². The Balaban J connectivity index is 2.38. The predicted molar refractivity (Wildman–Crippen MR) is 75.0 cm³/mol. The maximum Gasteiger partial charge on any atom is 0.317 e. The Hall–Kier alpha value is -2.20. The van der Waals surface area contributed by atoms with Crippen molar-refractivity contribution in [1.82, 2.24) is 4.90 Å². The highest BCUT2D eigenvalue weighted by atomic mass is 19.1. The van der Waals surface area contributed by atoms with Crippen LogP contribution in [0.2, 0.25) is 0 Å². The number of benzene rings is 2. The summed E-state index contributed by atoms with van der Waals surface area (Å²) < 4.78 is 13.1. The molecule has 0 bridgehead atoms. The third-order valence-electron chi connectivity index (χ3n) is 3.13. The Morgan fingerprint density at radius 1 is 1.10 bits per heavy atom. The first kappa shape index (κ1) is 14.2. The van der Waals surface area contributed by atoms with Gasteiger partial charge in [-0.05, 0) is 30.3 Å². The molecule has 0 saturated carbocycles. The third-order valence-corrected chi connectivity index (χ3v) is 3.13. The lowest BCUT2D eigenvalue weighted by Gasteiger charge is -2.27. The maximum atomic E-state index is 13.1. The van der Waals surface area contributed by atoms with Crippen LogP contribution in [0.5, 0.6) is 0 Å². The Kier molecular flexibility index (Phi) is 4.48. The zero-order valence-corrected chi connectivity index (χ0v) is 11.2. The number of nitrogens with zero attached hydrogens (tertiary/aromatic N) is 1. The highest BCUT2D eigenvalue weighted by Gasteiger charge is 2.20. The number of aliphatic carboxylic acids is 1. The number of rotatable bonds is 5. The molecule has 20 heavy (non-hydrogen) atoms. The first-order valence-corrected chi connectivity index (χ1v) is 6.30. The average Bonchev–Trinajstić information content (AvgIpc) is 2.42. The second kappa shape index (κ2) is 6.30. The Labute approximate surface area is 117 Å². The predicted octanol–water partition coefficient (Wildman–Crippen LogP) is 2.93. The van der Waals surface area contributed by atoms with Crippen LogP contribution >= 0.6 is 0 Å². The summed E-state index contributed by atoms with van der Waals surface area (Å²) in [5, 5.41) is 8.97. The number of likely N-dealkylation sites (N-methyl/N-ethyl adjacent to an activating group) is 1. The van der Waals surface area contributed by atoms with Crippen molar-refractivity contribution in [3.05, 3.63) is 71.5 Å². The van der Waals surface area contributed by atoms with E-state index in [-0.39, 0.29) is 18.4 Å². The van der Waals surface area contributed by atoms with Crippen LogP contribution in [0.3, 0.4) is 0 Å². The quantitative estimate of drug-likeness (QED) is 0.910. The molecular formula is C16H16FNO2. The largest absolute Gasteiger partial charge is 0.480 e. The van der Waals surface area contributed by atoms with Gasteiger partial charge in [0.2, 0.25) is 0 Å². The number of hydrogen-bond acceptors (Lipinski definition) is 2. The number of carboxylic acids is 1. The minimum absolute atomic E-state index is 0.0864. The summed E-state index contributed by atoms with van der Waals surface area (Å²) in [6.07, 6.45) is 0. The molecule has 0 aromatic heterocycles. The van der Waals surface area contributed by atoms with E-state index >= 15 is 0 Å². The Morgan fingerprint density at radius 3 is 2.20 bits per heavy atom. The summed E-state index contributed by atoms with van der Waals surface area (Å²) in [4.78, 5) is 12.7. The minimum Gasteiger partial charge on any atom is -0.480 e. The van der Waals surface area contributed by atoms with Gasteiger partial charge in [0.15, 0.2) is 0 Å². The molecule has 0 aliphatic rings. The molecule has 0 spiro atoms. The van der Waals surface area contributed by atoms with Crippen molar-refractivity contribution >= 4 is 5.97 Å². The summed E-state index contributed by atoms with van der Waals surface area (Å²) in [5.41, 5.74) is 1.84. The summed E-state index contributed by atoms with van der Waals surface area (Å²) in [5.74, 6) is -1.20. The van der Waals surface area contributed by atoms with Gasteiger partial charge in [0.25, 0.3) is 0 Å². The highest BCUT2D eigenvalue weighted by molar-refractivity contribution is 5.69. The first-order chi connectivity index (χ1) is 9.58. The van der Waals surface area contributed by atoms with E-state index in [0.29, 0.717) is 0 Å². The lowest BCUT2D eigenvalue weighted by atomic mass is 9.97. The van der Waals surface area contributed by atoms with E-state index in [0.717, 1.165) is 11.1 Å². The molecule has 1 atom stereocenters. The molecular weight excluding hydrogens is 257 g/mol.